The Morgan fingerprint density at radius 1 is 1.00 bits per heavy atom. The zero-order chi connectivity index (χ0) is 18.4. The second kappa shape index (κ2) is 9.03. The van der Waals surface area contributed by atoms with E-state index in [1.807, 2.05) is 36.4 Å². The quantitative estimate of drug-likeness (QED) is 0.806. The predicted molar refractivity (Wildman–Crippen MR) is 102 cm³/mol. The number of hydrogen-bond donors (Lipinski definition) is 1. The van der Waals surface area contributed by atoms with Crippen LogP contribution in [0.25, 0.3) is 0 Å². The fraction of sp³-hybridized carbons (Fsp3) is 0.350. The summed E-state index contributed by atoms with van der Waals surface area (Å²) < 4.78 is 5.76. The molecule has 0 aliphatic carbocycles. The Bertz CT molecular complexity index is 728. The van der Waals surface area contributed by atoms with Gasteiger partial charge in [-0.3, -0.25) is 9.80 Å². The number of piperazine rings is 1. The van der Waals surface area contributed by atoms with Gasteiger partial charge in [-0.1, -0.05) is 35.9 Å². The zero-order valence-corrected chi connectivity index (χ0v) is 15.4. The van der Waals surface area contributed by atoms with Crippen molar-refractivity contribution in [2.45, 2.75) is 6.54 Å². The van der Waals surface area contributed by atoms with Gasteiger partial charge in [0.2, 0.25) is 0 Å². The van der Waals surface area contributed by atoms with Crippen LogP contribution in [0.5, 0.6) is 5.75 Å². The molecule has 0 amide bonds. The van der Waals surface area contributed by atoms with E-state index in [0.717, 1.165) is 50.6 Å². The van der Waals surface area contributed by atoms with Crippen molar-refractivity contribution in [3.8, 4) is 5.75 Å². The molecule has 0 aromatic heterocycles. The van der Waals surface area contributed by atoms with Gasteiger partial charge in [0.15, 0.2) is 0 Å². The first-order valence-corrected chi connectivity index (χ1v) is 9.14. The SMILES string of the molecule is O=C(O)c1ccc(CN2CCN(CCOc3ccccc3Cl)CC2)cc1. The minimum absolute atomic E-state index is 0.331. The van der Waals surface area contributed by atoms with E-state index in [1.54, 1.807) is 12.1 Å². The minimum atomic E-state index is -0.885. The van der Waals surface area contributed by atoms with Crippen LogP contribution in [0.15, 0.2) is 48.5 Å². The summed E-state index contributed by atoms with van der Waals surface area (Å²) in [4.78, 5) is 15.7. The lowest BCUT2D eigenvalue weighted by molar-refractivity contribution is 0.0697. The summed E-state index contributed by atoms with van der Waals surface area (Å²) in [5, 5.41) is 9.60. The Kier molecular flexibility index (Phi) is 6.50. The summed E-state index contributed by atoms with van der Waals surface area (Å²) in [6.45, 7) is 6.34. The van der Waals surface area contributed by atoms with Gasteiger partial charge in [0.05, 0.1) is 10.6 Å². The Balaban J connectivity index is 1.38. The van der Waals surface area contributed by atoms with Crippen molar-refractivity contribution in [3.05, 3.63) is 64.7 Å². The summed E-state index contributed by atoms with van der Waals surface area (Å²) >= 11 is 6.09. The third-order valence-corrected chi connectivity index (χ3v) is 4.89. The lowest BCUT2D eigenvalue weighted by Crippen LogP contribution is -2.47. The second-order valence-corrected chi connectivity index (χ2v) is 6.81. The van der Waals surface area contributed by atoms with Crippen molar-refractivity contribution in [3.63, 3.8) is 0 Å². The van der Waals surface area contributed by atoms with Crippen LogP contribution in [-0.2, 0) is 6.54 Å². The van der Waals surface area contributed by atoms with E-state index in [4.69, 9.17) is 21.4 Å². The van der Waals surface area contributed by atoms with Crippen molar-refractivity contribution in [2.24, 2.45) is 0 Å². The first kappa shape index (κ1) is 18.7. The van der Waals surface area contributed by atoms with E-state index >= 15 is 0 Å². The molecule has 0 radical (unpaired) electrons. The molecule has 0 atom stereocenters. The molecule has 26 heavy (non-hydrogen) atoms. The fourth-order valence-electron chi connectivity index (χ4n) is 3.03. The van der Waals surface area contributed by atoms with Gasteiger partial charge in [-0.05, 0) is 29.8 Å². The molecule has 1 saturated heterocycles. The number of benzene rings is 2. The number of ether oxygens (including phenoxy) is 1. The van der Waals surface area contributed by atoms with E-state index in [0.29, 0.717) is 17.2 Å². The van der Waals surface area contributed by atoms with E-state index in [2.05, 4.69) is 9.80 Å². The van der Waals surface area contributed by atoms with E-state index < -0.39 is 5.97 Å². The molecule has 1 N–H and O–H groups in total. The van der Waals surface area contributed by atoms with E-state index in [9.17, 15) is 4.79 Å². The Morgan fingerprint density at radius 2 is 1.65 bits per heavy atom. The van der Waals surface area contributed by atoms with Crippen molar-refractivity contribution < 1.29 is 14.6 Å². The first-order chi connectivity index (χ1) is 12.6. The van der Waals surface area contributed by atoms with E-state index in [1.165, 1.54) is 0 Å². The lowest BCUT2D eigenvalue weighted by Gasteiger charge is -2.34. The standard InChI is InChI=1S/C20H23ClN2O3/c21-18-3-1-2-4-19(18)26-14-13-22-9-11-23(12-10-22)15-16-5-7-17(8-6-16)20(24)25/h1-8H,9-15H2,(H,24,25). The van der Waals surface area contributed by atoms with Gasteiger partial charge < -0.3 is 9.84 Å². The highest BCUT2D eigenvalue weighted by atomic mass is 35.5. The van der Waals surface area contributed by atoms with Crippen molar-refractivity contribution in [2.75, 3.05) is 39.3 Å². The average Bonchev–Trinajstić information content (AvgIpc) is 2.65. The molecule has 2 aromatic carbocycles. The zero-order valence-electron chi connectivity index (χ0n) is 14.6. The number of rotatable bonds is 7. The molecule has 3 rings (SSSR count). The monoisotopic (exact) mass is 374 g/mol. The molecule has 1 fully saturated rings. The van der Waals surface area contributed by atoms with Gasteiger partial charge in [0.1, 0.15) is 12.4 Å². The maximum Gasteiger partial charge on any atom is 0.335 e. The third kappa shape index (κ3) is 5.21. The molecule has 0 spiro atoms. The van der Waals surface area contributed by atoms with Gasteiger partial charge in [0, 0.05) is 39.3 Å². The van der Waals surface area contributed by atoms with Gasteiger partial charge in [-0.15, -0.1) is 0 Å². The number of hydrogen-bond acceptors (Lipinski definition) is 4. The van der Waals surface area contributed by atoms with Crippen LogP contribution in [0.4, 0.5) is 0 Å². The molecule has 1 aliphatic rings. The van der Waals surface area contributed by atoms with Crippen LogP contribution in [0.1, 0.15) is 15.9 Å². The number of aromatic carboxylic acids is 1. The summed E-state index contributed by atoms with van der Waals surface area (Å²) in [6, 6.07) is 14.7. The van der Waals surface area contributed by atoms with Crippen LogP contribution in [0.3, 0.4) is 0 Å². The Hall–Kier alpha value is -2.08. The van der Waals surface area contributed by atoms with Crippen LogP contribution in [-0.4, -0.2) is 60.2 Å². The highest BCUT2D eigenvalue weighted by molar-refractivity contribution is 6.32. The molecule has 138 valence electrons. The smallest absolute Gasteiger partial charge is 0.335 e. The molecule has 6 heteroatoms. The highest BCUT2D eigenvalue weighted by Gasteiger charge is 2.17. The molecule has 1 aliphatic heterocycles. The number of para-hydroxylation sites is 1. The van der Waals surface area contributed by atoms with Gasteiger partial charge in [-0.25, -0.2) is 4.79 Å². The predicted octanol–water partition coefficient (Wildman–Crippen LogP) is 3.23. The summed E-state index contributed by atoms with van der Waals surface area (Å²) in [7, 11) is 0. The number of nitrogens with zero attached hydrogens (tertiary/aromatic N) is 2. The number of halogens is 1. The van der Waals surface area contributed by atoms with Crippen LogP contribution >= 0.6 is 11.6 Å². The van der Waals surface area contributed by atoms with Gasteiger partial charge in [0.25, 0.3) is 0 Å². The molecule has 1 heterocycles. The molecule has 0 unspecified atom stereocenters. The maximum absolute atomic E-state index is 10.9. The summed E-state index contributed by atoms with van der Waals surface area (Å²) in [5.74, 6) is -0.151. The third-order valence-electron chi connectivity index (χ3n) is 4.57. The molecule has 0 bridgehead atoms. The Morgan fingerprint density at radius 3 is 2.31 bits per heavy atom. The molecule has 0 saturated carbocycles. The highest BCUT2D eigenvalue weighted by Crippen LogP contribution is 2.23. The fourth-order valence-corrected chi connectivity index (χ4v) is 3.22. The summed E-state index contributed by atoms with van der Waals surface area (Å²) in [6.07, 6.45) is 0. The van der Waals surface area contributed by atoms with Gasteiger partial charge in [-0.2, -0.15) is 0 Å². The molecular formula is C20H23ClN2O3. The van der Waals surface area contributed by atoms with Crippen LogP contribution in [0.2, 0.25) is 5.02 Å². The molecular weight excluding hydrogens is 352 g/mol. The molecule has 2 aromatic rings. The minimum Gasteiger partial charge on any atom is -0.491 e. The van der Waals surface area contributed by atoms with Crippen LogP contribution < -0.4 is 4.74 Å². The van der Waals surface area contributed by atoms with Crippen molar-refractivity contribution in [1.29, 1.82) is 0 Å². The summed E-state index contributed by atoms with van der Waals surface area (Å²) in [5.41, 5.74) is 1.47. The Labute approximate surface area is 158 Å². The lowest BCUT2D eigenvalue weighted by atomic mass is 10.1. The average molecular weight is 375 g/mol. The number of carboxylic acids is 1. The van der Waals surface area contributed by atoms with Crippen molar-refractivity contribution >= 4 is 17.6 Å². The maximum atomic E-state index is 10.9. The van der Waals surface area contributed by atoms with Crippen LogP contribution in [0, 0.1) is 0 Å². The normalized spacial score (nSPS) is 15.7. The largest absolute Gasteiger partial charge is 0.491 e. The number of carbonyl (C=O) groups is 1. The number of carboxylic acid groups (broad SMARTS) is 1. The van der Waals surface area contributed by atoms with Gasteiger partial charge >= 0.3 is 5.97 Å². The first-order valence-electron chi connectivity index (χ1n) is 8.76. The second-order valence-electron chi connectivity index (χ2n) is 6.40. The van der Waals surface area contributed by atoms with Crippen molar-refractivity contribution in [1.82, 2.24) is 9.80 Å². The van der Waals surface area contributed by atoms with E-state index in [-0.39, 0.29) is 0 Å². The molecule has 5 nitrogen and oxygen atoms in total. The topological polar surface area (TPSA) is 53.0 Å².